The van der Waals surface area contributed by atoms with Crippen molar-refractivity contribution in [1.82, 2.24) is 0 Å². The average Bonchev–Trinajstić information content (AvgIpc) is 3.27. The SMILES string of the molecule is CCCCCCCCCCCCCCCCCC[P+](CCCC)(CCCC)CCCC.CCCCCCCCCCCCCCCC[P+](CCCC)(CCCC)CCCC.[Br-].[Br-]. The molecule has 0 nitrogen and oxygen atoms in total. The minimum atomic E-state index is -0.634. The molecule has 380 valence electrons. The molecule has 0 bridgehead atoms. The molecule has 0 radical (unpaired) electrons. The Morgan fingerprint density at radius 2 is 0.258 bits per heavy atom. The highest BCUT2D eigenvalue weighted by molar-refractivity contribution is 7.76. The lowest BCUT2D eigenvalue weighted by Gasteiger charge is -2.28. The van der Waals surface area contributed by atoms with E-state index in [9.17, 15) is 0 Å². The van der Waals surface area contributed by atoms with Gasteiger partial charge in [0.15, 0.2) is 0 Å². The molecule has 0 aromatic heterocycles. The summed E-state index contributed by atoms with van der Waals surface area (Å²) in [6.45, 7) is 19.0. The van der Waals surface area contributed by atoms with Gasteiger partial charge < -0.3 is 34.0 Å². The second-order valence-corrected chi connectivity index (χ2v) is 29.4. The van der Waals surface area contributed by atoms with Gasteiger partial charge in [-0.25, -0.2) is 0 Å². The lowest BCUT2D eigenvalue weighted by atomic mass is 10.0. The van der Waals surface area contributed by atoms with Crippen LogP contribution in [0.3, 0.4) is 0 Å². The summed E-state index contributed by atoms with van der Waals surface area (Å²) < 4.78 is 0. The third-order valence-electron chi connectivity index (χ3n) is 14.4. The molecule has 0 aliphatic carbocycles. The van der Waals surface area contributed by atoms with Crippen molar-refractivity contribution in [2.24, 2.45) is 0 Å². The van der Waals surface area contributed by atoms with Gasteiger partial charge in [-0.2, -0.15) is 0 Å². The fraction of sp³-hybridized carbons (Fsp3) is 1.00. The Labute approximate surface area is 420 Å². The van der Waals surface area contributed by atoms with Crippen LogP contribution in [0, 0.1) is 0 Å². The standard InChI is InChI=1S/C30H64P.C28H60P.2BrH/c1-5-9-13-14-15-16-17-18-19-20-21-22-23-24-25-26-30-31(27-10-6-2,28-11-7-3)29-12-8-4;1-5-9-13-14-15-16-17-18-19-20-21-22-23-24-28-29(25-10-6-2,26-11-7-3)27-12-8-4;;/h5-30H2,1-4H3;5-28H2,1-4H3;2*1H/q2*+1;;/p-2. The van der Waals surface area contributed by atoms with E-state index < -0.39 is 14.5 Å². The molecular weight excluding hydrogens is 918 g/mol. The van der Waals surface area contributed by atoms with Crippen LogP contribution in [0.25, 0.3) is 0 Å². The van der Waals surface area contributed by atoms with Gasteiger partial charge in [0.2, 0.25) is 0 Å². The molecule has 0 fully saturated rings. The van der Waals surface area contributed by atoms with Crippen LogP contribution in [0.5, 0.6) is 0 Å². The van der Waals surface area contributed by atoms with E-state index in [4.69, 9.17) is 0 Å². The molecule has 0 aromatic carbocycles. The maximum Gasteiger partial charge on any atom is 0.0594 e. The lowest BCUT2D eigenvalue weighted by Crippen LogP contribution is -3.00. The van der Waals surface area contributed by atoms with E-state index in [0.717, 1.165) is 0 Å². The molecule has 0 amide bonds. The third kappa shape index (κ3) is 49.7. The first kappa shape index (κ1) is 70.4. The molecule has 0 aromatic rings. The lowest BCUT2D eigenvalue weighted by molar-refractivity contribution is -0.00100. The summed E-state index contributed by atoms with van der Waals surface area (Å²) in [7, 11) is -1.26. The Hall–Kier alpha value is 1.82. The van der Waals surface area contributed by atoms with Gasteiger partial charge in [-0.3, -0.25) is 0 Å². The van der Waals surface area contributed by atoms with Crippen molar-refractivity contribution in [2.75, 3.05) is 49.3 Å². The Kier molecular flexibility index (Phi) is 66.9. The van der Waals surface area contributed by atoms with Crippen LogP contribution in [0.1, 0.15) is 325 Å². The molecule has 62 heavy (non-hydrogen) atoms. The number of halogens is 2. The van der Waals surface area contributed by atoms with Gasteiger partial charge in [-0.05, 0) is 64.2 Å². The molecule has 0 spiro atoms. The number of hydrogen-bond acceptors (Lipinski definition) is 0. The van der Waals surface area contributed by atoms with Crippen molar-refractivity contribution in [3.63, 3.8) is 0 Å². The molecule has 4 heteroatoms. The normalized spacial score (nSPS) is 11.6. The minimum absolute atomic E-state index is 0. The van der Waals surface area contributed by atoms with Gasteiger partial charge >= 0.3 is 0 Å². The molecule has 0 heterocycles. The molecular formula is C58H124Br2P2. The first-order chi connectivity index (χ1) is 29.5. The van der Waals surface area contributed by atoms with E-state index in [1.807, 2.05) is 0 Å². The van der Waals surface area contributed by atoms with Crippen LogP contribution in [-0.2, 0) is 0 Å². The van der Waals surface area contributed by atoms with Crippen LogP contribution >= 0.6 is 14.5 Å². The topological polar surface area (TPSA) is 0 Å². The van der Waals surface area contributed by atoms with E-state index in [2.05, 4.69) is 55.4 Å². The quantitative estimate of drug-likeness (QED) is 0.0421. The molecule has 0 saturated heterocycles. The van der Waals surface area contributed by atoms with E-state index in [-0.39, 0.29) is 34.0 Å². The summed E-state index contributed by atoms with van der Waals surface area (Å²) in [5, 5.41) is 0. The minimum Gasteiger partial charge on any atom is -1.00 e. The smallest absolute Gasteiger partial charge is 0.0594 e. The van der Waals surface area contributed by atoms with Gasteiger partial charge in [0.05, 0.1) is 49.3 Å². The summed E-state index contributed by atoms with van der Waals surface area (Å²) in [6, 6.07) is 0. The highest BCUT2D eigenvalue weighted by atomic mass is 79.9. The predicted molar refractivity (Wildman–Crippen MR) is 292 cm³/mol. The first-order valence-electron chi connectivity index (χ1n) is 29.2. The zero-order chi connectivity index (χ0) is 44.4. The van der Waals surface area contributed by atoms with E-state index >= 15 is 0 Å². The molecule has 0 atom stereocenters. The van der Waals surface area contributed by atoms with Crippen molar-refractivity contribution in [1.29, 1.82) is 0 Å². The highest BCUT2D eigenvalue weighted by Gasteiger charge is 2.35. The largest absolute Gasteiger partial charge is 1.00 e. The fourth-order valence-corrected chi connectivity index (χ4v) is 20.3. The van der Waals surface area contributed by atoms with Gasteiger partial charge in [0.1, 0.15) is 0 Å². The summed E-state index contributed by atoms with van der Waals surface area (Å²) in [5.74, 6) is 0. The number of rotatable bonds is 50. The second kappa shape index (κ2) is 58.9. The summed E-state index contributed by atoms with van der Waals surface area (Å²) in [5.41, 5.74) is 0. The Bertz CT molecular complexity index is 716. The zero-order valence-electron chi connectivity index (χ0n) is 45.0. The Morgan fingerprint density at radius 3 is 0.403 bits per heavy atom. The highest BCUT2D eigenvalue weighted by Crippen LogP contribution is 2.62. The van der Waals surface area contributed by atoms with Crippen molar-refractivity contribution in [3.8, 4) is 0 Å². The summed E-state index contributed by atoms with van der Waals surface area (Å²) in [6.07, 6.45) is 74.9. The molecule has 0 unspecified atom stereocenters. The summed E-state index contributed by atoms with van der Waals surface area (Å²) in [4.78, 5) is 0. The monoisotopic (exact) mass is 1040 g/mol. The maximum atomic E-state index is 2.39. The van der Waals surface area contributed by atoms with E-state index in [1.165, 1.54) is 257 Å². The molecule has 0 N–H and O–H groups in total. The number of unbranched alkanes of at least 4 members (excludes halogenated alkanes) is 34. The first-order valence-corrected chi connectivity index (χ1v) is 34.2. The molecule has 0 aliphatic heterocycles. The van der Waals surface area contributed by atoms with E-state index in [0.29, 0.717) is 0 Å². The predicted octanol–water partition coefficient (Wildman–Crippen LogP) is 16.6. The van der Waals surface area contributed by atoms with Crippen molar-refractivity contribution < 1.29 is 34.0 Å². The van der Waals surface area contributed by atoms with Crippen LogP contribution < -0.4 is 34.0 Å². The van der Waals surface area contributed by atoms with Crippen molar-refractivity contribution in [2.45, 2.75) is 325 Å². The average molecular weight is 1040 g/mol. The molecule has 0 aliphatic rings. The van der Waals surface area contributed by atoms with E-state index in [1.54, 1.807) is 62.1 Å². The van der Waals surface area contributed by atoms with Crippen LogP contribution in [0.15, 0.2) is 0 Å². The Balaban J connectivity index is -0.000000527. The van der Waals surface area contributed by atoms with Crippen LogP contribution in [0.4, 0.5) is 0 Å². The van der Waals surface area contributed by atoms with Crippen molar-refractivity contribution >= 4 is 14.5 Å². The molecule has 0 saturated carbocycles. The van der Waals surface area contributed by atoms with Gasteiger partial charge in [-0.15, -0.1) is 0 Å². The number of hydrogen-bond donors (Lipinski definition) is 0. The van der Waals surface area contributed by atoms with Gasteiger partial charge in [0, 0.05) is 14.5 Å². The van der Waals surface area contributed by atoms with Crippen LogP contribution in [0.2, 0.25) is 0 Å². The third-order valence-corrected chi connectivity index (χ3v) is 24.5. The van der Waals surface area contributed by atoms with Crippen LogP contribution in [-0.4, -0.2) is 49.3 Å². The zero-order valence-corrected chi connectivity index (χ0v) is 50.0. The van der Waals surface area contributed by atoms with Crippen molar-refractivity contribution in [3.05, 3.63) is 0 Å². The summed E-state index contributed by atoms with van der Waals surface area (Å²) >= 11 is 0. The fourth-order valence-electron chi connectivity index (χ4n) is 9.94. The molecule has 0 rings (SSSR count). The van der Waals surface area contributed by atoms with Gasteiger partial charge in [-0.1, -0.05) is 261 Å². The Morgan fingerprint density at radius 1 is 0.145 bits per heavy atom. The maximum absolute atomic E-state index is 2.39. The second-order valence-electron chi connectivity index (χ2n) is 20.5. The van der Waals surface area contributed by atoms with Gasteiger partial charge in [0.25, 0.3) is 0 Å².